The van der Waals surface area contributed by atoms with E-state index >= 15 is 0 Å². The fraction of sp³-hybridized carbons (Fsp3) is 1.00. The van der Waals surface area contributed by atoms with Gasteiger partial charge < -0.3 is 0 Å². The van der Waals surface area contributed by atoms with Crippen LogP contribution in [-0.2, 0) is 56.3 Å². The van der Waals surface area contributed by atoms with Crippen LogP contribution in [0.2, 0.25) is 0 Å². The van der Waals surface area contributed by atoms with Crippen LogP contribution in [0.1, 0.15) is 0 Å². The molecule has 0 saturated carbocycles. The van der Waals surface area contributed by atoms with Crippen molar-refractivity contribution in [2.45, 2.75) is 12.2 Å². The average molecular weight is 370 g/mol. The molecule has 2 atom stereocenters. The van der Waals surface area contributed by atoms with E-state index in [1.54, 1.807) is 0 Å². The van der Waals surface area contributed by atoms with E-state index in [2.05, 4.69) is 25.1 Å². The molecule has 21 heavy (non-hydrogen) atoms. The summed E-state index contributed by atoms with van der Waals surface area (Å²) in [5, 5.41) is 0. The first-order valence-corrected chi connectivity index (χ1v) is 9.26. The van der Waals surface area contributed by atoms with Gasteiger partial charge >= 0.3 is 31.2 Å². The molecule has 12 nitrogen and oxygen atoms in total. The van der Waals surface area contributed by atoms with E-state index in [4.69, 9.17) is 0 Å². The Hall–Kier alpha value is -0.390. The van der Waals surface area contributed by atoms with Crippen molar-refractivity contribution in [3.8, 4) is 0 Å². The maximum atomic E-state index is 11.3. The molecule has 0 N–H and O–H groups in total. The summed E-state index contributed by atoms with van der Waals surface area (Å²) in [6.07, 6.45) is -2.25. The molecule has 2 aliphatic heterocycles. The van der Waals surface area contributed by atoms with E-state index in [9.17, 15) is 25.3 Å². The summed E-state index contributed by atoms with van der Waals surface area (Å²) in [4.78, 5) is 0. The van der Waals surface area contributed by atoms with Crippen molar-refractivity contribution < 1.29 is 50.4 Å². The Labute approximate surface area is 120 Å². The summed E-state index contributed by atoms with van der Waals surface area (Å²) in [5.41, 5.74) is 0. The highest BCUT2D eigenvalue weighted by molar-refractivity contribution is 7.82. The lowest BCUT2D eigenvalue weighted by Gasteiger charge is -2.09. The third-order valence-electron chi connectivity index (χ3n) is 2.10. The maximum absolute atomic E-state index is 11.3. The predicted octanol–water partition coefficient (Wildman–Crippen LogP) is -2.42. The lowest BCUT2D eigenvalue weighted by molar-refractivity contribution is 0.107. The van der Waals surface area contributed by atoms with Gasteiger partial charge in [-0.3, -0.25) is 0 Å². The average Bonchev–Trinajstić information content (AvgIpc) is 2.87. The summed E-state index contributed by atoms with van der Waals surface area (Å²) >= 11 is 0. The Morgan fingerprint density at radius 1 is 0.857 bits per heavy atom. The fourth-order valence-corrected chi connectivity index (χ4v) is 3.61. The molecule has 0 aromatic heterocycles. The SMILES string of the molecule is O=S(=O)(OC[C@H]1COS(=O)(=O)O1)OC[C@H]1COS(=O)(=O)O1. The Morgan fingerprint density at radius 2 is 1.24 bits per heavy atom. The van der Waals surface area contributed by atoms with Crippen LogP contribution in [-0.4, -0.2) is 63.9 Å². The molecule has 0 amide bonds. The van der Waals surface area contributed by atoms with Gasteiger partial charge in [-0.25, -0.2) is 25.1 Å². The molecular formula is C6H10O12S3. The second kappa shape index (κ2) is 6.01. The molecule has 2 rings (SSSR count). The number of rotatable bonds is 6. The summed E-state index contributed by atoms with van der Waals surface area (Å²) in [6, 6.07) is 0. The van der Waals surface area contributed by atoms with Crippen LogP contribution in [0.4, 0.5) is 0 Å². The highest BCUT2D eigenvalue weighted by Crippen LogP contribution is 2.16. The van der Waals surface area contributed by atoms with Gasteiger partial charge in [-0.05, 0) is 0 Å². The molecule has 0 spiro atoms. The van der Waals surface area contributed by atoms with Gasteiger partial charge in [-0.15, -0.1) is 0 Å². The van der Waals surface area contributed by atoms with Crippen molar-refractivity contribution >= 4 is 31.2 Å². The lowest BCUT2D eigenvalue weighted by Crippen LogP contribution is -2.25. The molecule has 2 fully saturated rings. The highest BCUT2D eigenvalue weighted by atomic mass is 32.3. The molecule has 2 aliphatic rings. The van der Waals surface area contributed by atoms with E-state index in [1.807, 2.05) is 0 Å². The molecule has 0 unspecified atom stereocenters. The van der Waals surface area contributed by atoms with Crippen LogP contribution in [0.3, 0.4) is 0 Å². The smallest absolute Gasteiger partial charge is 0.245 e. The van der Waals surface area contributed by atoms with Gasteiger partial charge in [0.1, 0.15) is 12.2 Å². The van der Waals surface area contributed by atoms with E-state index < -0.39 is 69.8 Å². The predicted molar refractivity (Wildman–Crippen MR) is 60.3 cm³/mol. The monoisotopic (exact) mass is 370 g/mol. The largest absolute Gasteiger partial charge is 0.400 e. The Bertz CT molecular complexity index is 621. The standard InChI is InChI=1S/C6H10O12S3/c7-19(8,13-1-5-3-15-20(9,10)17-5)14-2-6-4-16-21(11,12)18-6/h5-6H,1-4H2/t5-,6-/m0/s1. The third kappa shape index (κ3) is 5.38. The van der Waals surface area contributed by atoms with Crippen molar-refractivity contribution in [2.24, 2.45) is 0 Å². The van der Waals surface area contributed by atoms with E-state index in [0.29, 0.717) is 0 Å². The minimum Gasteiger partial charge on any atom is -0.245 e. The third-order valence-corrected chi connectivity index (χ3v) is 4.82. The second-order valence-electron chi connectivity index (χ2n) is 3.80. The van der Waals surface area contributed by atoms with Crippen molar-refractivity contribution in [1.29, 1.82) is 0 Å². The van der Waals surface area contributed by atoms with Crippen LogP contribution in [0, 0.1) is 0 Å². The first-order chi connectivity index (χ1) is 9.57. The summed E-state index contributed by atoms with van der Waals surface area (Å²) in [6.45, 7) is -2.09. The first-order valence-electron chi connectivity index (χ1n) is 5.26. The van der Waals surface area contributed by atoms with Gasteiger partial charge in [0.25, 0.3) is 0 Å². The quantitative estimate of drug-likeness (QED) is 0.488. The lowest BCUT2D eigenvalue weighted by atomic mass is 10.4. The molecule has 2 saturated heterocycles. The van der Waals surface area contributed by atoms with Crippen LogP contribution >= 0.6 is 0 Å². The molecule has 0 aromatic rings. The maximum Gasteiger partial charge on any atom is 0.400 e. The van der Waals surface area contributed by atoms with Gasteiger partial charge in [0.15, 0.2) is 0 Å². The topological polar surface area (TPSA) is 158 Å². The molecule has 0 aliphatic carbocycles. The van der Waals surface area contributed by atoms with Crippen LogP contribution < -0.4 is 0 Å². The van der Waals surface area contributed by atoms with Crippen LogP contribution in [0.25, 0.3) is 0 Å². The van der Waals surface area contributed by atoms with Gasteiger partial charge in [0.05, 0.1) is 26.4 Å². The van der Waals surface area contributed by atoms with Crippen molar-refractivity contribution in [3.63, 3.8) is 0 Å². The summed E-state index contributed by atoms with van der Waals surface area (Å²) in [5.74, 6) is 0. The zero-order valence-corrected chi connectivity index (χ0v) is 12.6. The minimum absolute atomic E-state index is 0.393. The van der Waals surface area contributed by atoms with Crippen molar-refractivity contribution in [2.75, 3.05) is 26.4 Å². The molecule has 124 valence electrons. The first kappa shape index (κ1) is 17.0. The van der Waals surface area contributed by atoms with Crippen molar-refractivity contribution in [3.05, 3.63) is 0 Å². The van der Waals surface area contributed by atoms with E-state index in [1.165, 1.54) is 0 Å². The molecule has 0 aromatic carbocycles. The molecule has 2 heterocycles. The van der Waals surface area contributed by atoms with E-state index in [0.717, 1.165) is 0 Å². The Balaban J connectivity index is 1.75. The van der Waals surface area contributed by atoms with Gasteiger partial charge in [-0.1, -0.05) is 0 Å². The van der Waals surface area contributed by atoms with Crippen LogP contribution in [0.5, 0.6) is 0 Å². The molecule has 0 radical (unpaired) electrons. The molecule has 15 heteroatoms. The zero-order chi connectivity index (χ0) is 15.7. The zero-order valence-electron chi connectivity index (χ0n) is 10.1. The Morgan fingerprint density at radius 3 is 1.52 bits per heavy atom. The van der Waals surface area contributed by atoms with Crippen LogP contribution in [0.15, 0.2) is 0 Å². The van der Waals surface area contributed by atoms with E-state index in [-0.39, 0.29) is 0 Å². The molecule has 0 bridgehead atoms. The number of hydrogen-bond acceptors (Lipinski definition) is 12. The summed E-state index contributed by atoms with van der Waals surface area (Å²) < 4.78 is 91.5. The summed E-state index contributed by atoms with van der Waals surface area (Å²) in [7, 11) is -12.7. The number of hydrogen-bond donors (Lipinski definition) is 0. The normalized spacial score (nSPS) is 31.4. The van der Waals surface area contributed by atoms with Gasteiger partial charge in [0.2, 0.25) is 0 Å². The minimum atomic E-state index is -4.49. The van der Waals surface area contributed by atoms with Crippen molar-refractivity contribution in [1.82, 2.24) is 0 Å². The Kier molecular flexibility index (Phi) is 4.86. The fourth-order valence-electron chi connectivity index (χ4n) is 1.27. The highest BCUT2D eigenvalue weighted by Gasteiger charge is 2.34. The molecular weight excluding hydrogens is 360 g/mol. The second-order valence-corrected chi connectivity index (χ2v) is 7.58. The van der Waals surface area contributed by atoms with Gasteiger partial charge in [-0.2, -0.15) is 25.3 Å². The van der Waals surface area contributed by atoms with Gasteiger partial charge in [0, 0.05) is 0 Å².